The van der Waals surface area contributed by atoms with Gasteiger partial charge in [0.2, 0.25) is 0 Å². The first-order chi connectivity index (χ1) is 10.2. The minimum absolute atomic E-state index is 0.732. The van der Waals surface area contributed by atoms with Crippen LogP contribution in [0, 0.1) is 0 Å². The van der Waals surface area contributed by atoms with E-state index < -0.39 is 0 Å². The van der Waals surface area contributed by atoms with Crippen molar-refractivity contribution in [2.24, 2.45) is 0 Å². The normalized spacial score (nSPS) is 25.5. The van der Waals surface area contributed by atoms with Crippen LogP contribution in [0.3, 0.4) is 0 Å². The quantitative estimate of drug-likeness (QED) is 0.841. The Hall–Kier alpha value is -1.74. The molecule has 21 heavy (non-hydrogen) atoms. The summed E-state index contributed by atoms with van der Waals surface area (Å²) in [5.41, 5.74) is 1.36. The largest absolute Gasteiger partial charge is 0.497 e. The van der Waals surface area contributed by atoms with Crippen LogP contribution in [-0.4, -0.2) is 44.2 Å². The van der Waals surface area contributed by atoms with Crippen LogP contribution in [0.2, 0.25) is 0 Å². The van der Waals surface area contributed by atoms with Gasteiger partial charge in [0.15, 0.2) is 0 Å². The summed E-state index contributed by atoms with van der Waals surface area (Å²) in [5.74, 6) is 0.924. The Labute approximate surface area is 126 Å². The third kappa shape index (κ3) is 2.16. The van der Waals surface area contributed by atoms with E-state index in [1.54, 1.807) is 7.11 Å². The molecule has 2 bridgehead atoms. The average Bonchev–Trinajstić information content (AvgIpc) is 2.75. The van der Waals surface area contributed by atoms with Crippen molar-refractivity contribution >= 4 is 16.5 Å². The Balaban J connectivity index is 1.65. The van der Waals surface area contributed by atoms with Crippen LogP contribution >= 0.6 is 0 Å². The summed E-state index contributed by atoms with van der Waals surface area (Å²) < 4.78 is 5.30. The molecule has 2 aromatic rings. The van der Waals surface area contributed by atoms with Gasteiger partial charge in [-0.1, -0.05) is 12.1 Å². The van der Waals surface area contributed by atoms with Gasteiger partial charge in [0.25, 0.3) is 0 Å². The van der Waals surface area contributed by atoms with Gasteiger partial charge in [-0.3, -0.25) is 4.90 Å². The number of likely N-dealkylation sites (N-methyl/N-ethyl adjacent to an activating group) is 1. The van der Waals surface area contributed by atoms with Gasteiger partial charge in [0, 0.05) is 30.9 Å². The highest BCUT2D eigenvalue weighted by atomic mass is 16.5. The third-order valence-electron chi connectivity index (χ3n) is 5.24. The van der Waals surface area contributed by atoms with Crippen molar-refractivity contribution in [2.45, 2.75) is 24.9 Å². The molecule has 0 unspecified atom stereocenters. The number of nitrogens with zero attached hydrogens (tertiary/aromatic N) is 2. The average molecular weight is 282 g/mol. The molecule has 2 aliphatic heterocycles. The van der Waals surface area contributed by atoms with Crippen LogP contribution in [0.4, 0.5) is 5.69 Å². The Morgan fingerprint density at radius 3 is 2.33 bits per heavy atom. The van der Waals surface area contributed by atoms with E-state index in [1.165, 1.54) is 29.3 Å². The lowest BCUT2D eigenvalue weighted by molar-refractivity contribution is 0.212. The van der Waals surface area contributed by atoms with E-state index in [2.05, 4.69) is 47.2 Å². The first kappa shape index (κ1) is 13.0. The topological polar surface area (TPSA) is 15.7 Å². The van der Waals surface area contributed by atoms with Crippen molar-refractivity contribution < 1.29 is 4.74 Å². The van der Waals surface area contributed by atoms with E-state index in [0.29, 0.717) is 0 Å². The minimum Gasteiger partial charge on any atom is -0.497 e. The number of ether oxygens (including phenoxy) is 1. The maximum absolute atomic E-state index is 5.30. The van der Waals surface area contributed by atoms with E-state index >= 15 is 0 Å². The van der Waals surface area contributed by atoms with Crippen molar-refractivity contribution in [2.75, 3.05) is 32.1 Å². The molecule has 0 saturated carbocycles. The van der Waals surface area contributed by atoms with Crippen LogP contribution in [0.1, 0.15) is 12.8 Å². The van der Waals surface area contributed by atoms with Gasteiger partial charge in [-0.2, -0.15) is 0 Å². The molecule has 2 aliphatic rings. The first-order valence-corrected chi connectivity index (χ1v) is 7.79. The molecule has 0 amide bonds. The lowest BCUT2D eigenvalue weighted by Gasteiger charge is -2.40. The van der Waals surface area contributed by atoms with Gasteiger partial charge in [-0.05, 0) is 54.9 Å². The molecule has 0 aliphatic carbocycles. The predicted molar refractivity (Wildman–Crippen MR) is 87.3 cm³/mol. The van der Waals surface area contributed by atoms with Crippen LogP contribution in [0.25, 0.3) is 10.8 Å². The third-order valence-corrected chi connectivity index (χ3v) is 5.24. The Morgan fingerprint density at radius 1 is 0.952 bits per heavy atom. The number of piperazine rings is 1. The molecule has 0 aromatic heterocycles. The van der Waals surface area contributed by atoms with E-state index in [0.717, 1.165) is 30.9 Å². The number of benzene rings is 2. The maximum Gasteiger partial charge on any atom is 0.119 e. The van der Waals surface area contributed by atoms with Crippen molar-refractivity contribution in [1.29, 1.82) is 0 Å². The molecule has 3 nitrogen and oxygen atoms in total. The fraction of sp³-hybridized carbons (Fsp3) is 0.444. The molecule has 2 fully saturated rings. The zero-order valence-electron chi connectivity index (χ0n) is 12.7. The minimum atomic E-state index is 0.732. The van der Waals surface area contributed by atoms with E-state index in [-0.39, 0.29) is 0 Å². The SMILES string of the molecule is COc1ccc2cc(N3C[C@H]4CC[C@@H](C3)N4C)ccc2c1. The second kappa shape index (κ2) is 4.92. The lowest BCUT2D eigenvalue weighted by Crippen LogP contribution is -2.52. The molecular weight excluding hydrogens is 260 g/mol. The van der Waals surface area contributed by atoms with Gasteiger partial charge in [-0.25, -0.2) is 0 Å². The molecular formula is C18H22N2O. The molecule has 3 heteroatoms. The van der Waals surface area contributed by atoms with Gasteiger partial charge in [0.1, 0.15) is 5.75 Å². The summed E-state index contributed by atoms with van der Waals surface area (Å²) in [4.78, 5) is 5.13. The highest BCUT2D eigenvalue weighted by molar-refractivity contribution is 5.87. The second-order valence-electron chi connectivity index (χ2n) is 6.35. The molecule has 4 rings (SSSR count). The highest BCUT2D eigenvalue weighted by Gasteiger charge is 2.37. The molecule has 2 heterocycles. The van der Waals surface area contributed by atoms with E-state index in [1.807, 2.05) is 6.07 Å². The smallest absolute Gasteiger partial charge is 0.119 e. The molecule has 2 saturated heterocycles. The fourth-order valence-electron chi connectivity index (χ4n) is 3.86. The fourth-order valence-corrected chi connectivity index (χ4v) is 3.86. The van der Waals surface area contributed by atoms with Crippen LogP contribution in [-0.2, 0) is 0 Å². The molecule has 2 atom stereocenters. The van der Waals surface area contributed by atoms with Gasteiger partial charge in [0.05, 0.1) is 7.11 Å². The van der Waals surface area contributed by atoms with Gasteiger partial charge >= 0.3 is 0 Å². The summed E-state index contributed by atoms with van der Waals surface area (Å²) in [5, 5.41) is 2.54. The molecule has 0 radical (unpaired) electrons. The molecule has 110 valence electrons. The van der Waals surface area contributed by atoms with Gasteiger partial charge < -0.3 is 9.64 Å². The van der Waals surface area contributed by atoms with Crippen molar-refractivity contribution in [3.63, 3.8) is 0 Å². The second-order valence-corrected chi connectivity index (χ2v) is 6.35. The van der Waals surface area contributed by atoms with Crippen LogP contribution < -0.4 is 9.64 Å². The zero-order chi connectivity index (χ0) is 14.4. The lowest BCUT2D eigenvalue weighted by atomic mass is 10.1. The van der Waals surface area contributed by atoms with Crippen molar-refractivity contribution in [3.8, 4) is 5.75 Å². The van der Waals surface area contributed by atoms with E-state index in [4.69, 9.17) is 4.74 Å². The summed E-state index contributed by atoms with van der Waals surface area (Å²) >= 11 is 0. The molecule has 0 spiro atoms. The molecule has 0 N–H and O–H groups in total. The number of anilines is 1. The Kier molecular flexibility index (Phi) is 3.03. The Morgan fingerprint density at radius 2 is 1.62 bits per heavy atom. The number of fused-ring (bicyclic) bond motifs is 3. The summed E-state index contributed by atoms with van der Waals surface area (Å²) in [6, 6.07) is 14.6. The zero-order valence-corrected chi connectivity index (χ0v) is 12.7. The van der Waals surface area contributed by atoms with Gasteiger partial charge in [-0.15, -0.1) is 0 Å². The van der Waals surface area contributed by atoms with Crippen LogP contribution in [0.5, 0.6) is 5.75 Å². The van der Waals surface area contributed by atoms with Crippen molar-refractivity contribution in [3.05, 3.63) is 36.4 Å². The van der Waals surface area contributed by atoms with E-state index in [9.17, 15) is 0 Å². The Bertz CT molecular complexity index is 655. The highest BCUT2D eigenvalue weighted by Crippen LogP contribution is 2.33. The molecule has 2 aromatic carbocycles. The monoisotopic (exact) mass is 282 g/mol. The first-order valence-electron chi connectivity index (χ1n) is 7.79. The number of rotatable bonds is 2. The number of methoxy groups -OCH3 is 1. The summed E-state index contributed by atoms with van der Waals surface area (Å²) in [7, 11) is 4.00. The summed E-state index contributed by atoms with van der Waals surface area (Å²) in [6.45, 7) is 2.32. The predicted octanol–water partition coefficient (Wildman–Crippen LogP) is 3.13. The standard InChI is InChI=1S/C18H22N2O/c1-19-16-6-7-17(19)12-20(11-16)15-5-3-14-10-18(21-2)8-4-13(14)9-15/h3-5,8-10,16-17H,6-7,11-12H2,1-2H3/t16-,17+. The maximum atomic E-state index is 5.30. The number of hydrogen-bond acceptors (Lipinski definition) is 3. The summed E-state index contributed by atoms with van der Waals surface area (Å²) in [6.07, 6.45) is 2.70. The van der Waals surface area contributed by atoms with Crippen molar-refractivity contribution in [1.82, 2.24) is 4.90 Å². The number of hydrogen-bond donors (Lipinski definition) is 0. The van der Waals surface area contributed by atoms with Crippen LogP contribution in [0.15, 0.2) is 36.4 Å².